The minimum atomic E-state index is -0.966. The monoisotopic (exact) mass is 249 g/mol. The van der Waals surface area contributed by atoms with Gasteiger partial charge in [-0.2, -0.15) is 0 Å². The highest BCUT2D eigenvalue weighted by molar-refractivity contribution is 6.04. The van der Waals surface area contributed by atoms with Gasteiger partial charge in [0, 0.05) is 11.8 Å². The van der Waals surface area contributed by atoms with Crippen molar-refractivity contribution in [3.8, 4) is 0 Å². The zero-order valence-electron chi connectivity index (χ0n) is 9.15. The lowest BCUT2D eigenvalue weighted by Crippen LogP contribution is -2.13. The Morgan fingerprint density at radius 2 is 1.94 bits per heavy atom. The Bertz CT molecular complexity index is 564. The highest BCUT2D eigenvalue weighted by atomic mass is 19.1. The fourth-order valence-electron chi connectivity index (χ4n) is 1.36. The van der Waals surface area contributed by atoms with Gasteiger partial charge in [-0.3, -0.25) is 9.78 Å². The Hall–Kier alpha value is -2.50. The normalized spacial score (nSPS) is 10.1. The van der Waals surface area contributed by atoms with E-state index in [0.717, 1.165) is 12.1 Å². The van der Waals surface area contributed by atoms with Crippen LogP contribution in [0, 0.1) is 11.6 Å². The fourth-order valence-corrected chi connectivity index (χ4v) is 1.36. The van der Waals surface area contributed by atoms with E-state index in [4.69, 9.17) is 5.73 Å². The lowest BCUT2D eigenvalue weighted by atomic mass is 10.1. The van der Waals surface area contributed by atoms with Crippen LogP contribution < -0.4 is 11.1 Å². The molecular formula is C12H9F2N3O. The van der Waals surface area contributed by atoms with Gasteiger partial charge in [-0.05, 0) is 24.3 Å². The molecule has 18 heavy (non-hydrogen) atoms. The van der Waals surface area contributed by atoms with Crippen molar-refractivity contribution in [2.75, 3.05) is 11.1 Å². The second kappa shape index (κ2) is 4.79. The maximum atomic E-state index is 13.2. The average Bonchev–Trinajstić information content (AvgIpc) is 2.36. The maximum absolute atomic E-state index is 13.2. The Morgan fingerprint density at radius 1 is 1.28 bits per heavy atom. The number of benzene rings is 1. The van der Waals surface area contributed by atoms with Gasteiger partial charge in [0.2, 0.25) is 0 Å². The number of halogens is 2. The van der Waals surface area contributed by atoms with E-state index in [1.165, 1.54) is 12.4 Å². The number of pyridine rings is 1. The maximum Gasteiger partial charge on any atom is 0.255 e. The van der Waals surface area contributed by atoms with Crippen LogP contribution in [0.2, 0.25) is 0 Å². The van der Waals surface area contributed by atoms with E-state index in [1.807, 2.05) is 0 Å². The zero-order valence-corrected chi connectivity index (χ0v) is 9.15. The van der Waals surface area contributed by atoms with Crippen LogP contribution in [0.1, 0.15) is 10.4 Å². The standard InChI is InChI=1S/C12H9F2N3O/c13-9-4-7(5-10(14)11(9)15)12(18)17-8-2-1-3-16-6-8/h1-6H,15H2,(H,17,18). The Labute approximate surface area is 101 Å². The number of hydrogen-bond acceptors (Lipinski definition) is 3. The first-order chi connectivity index (χ1) is 8.58. The Balaban J connectivity index is 2.25. The van der Waals surface area contributed by atoms with Crippen molar-refractivity contribution in [1.29, 1.82) is 0 Å². The fraction of sp³-hybridized carbons (Fsp3) is 0. The van der Waals surface area contributed by atoms with Crippen molar-refractivity contribution in [2.24, 2.45) is 0 Å². The number of nitrogens with two attached hydrogens (primary N) is 1. The molecule has 4 nitrogen and oxygen atoms in total. The summed E-state index contributed by atoms with van der Waals surface area (Å²) < 4.78 is 26.4. The summed E-state index contributed by atoms with van der Waals surface area (Å²) in [5.74, 6) is -2.57. The van der Waals surface area contributed by atoms with Crippen molar-refractivity contribution >= 4 is 17.3 Å². The smallest absolute Gasteiger partial charge is 0.255 e. The van der Waals surface area contributed by atoms with Gasteiger partial charge in [-0.1, -0.05) is 0 Å². The molecule has 0 saturated heterocycles. The number of aromatic nitrogens is 1. The average molecular weight is 249 g/mol. The molecule has 6 heteroatoms. The molecule has 2 rings (SSSR count). The summed E-state index contributed by atoms with van der Waals surface area (Å²) in [6.45, 7) is 0. The molecule has 0 spiro atoms. The van der Waals surface area contributed by atoms with Gasteiger partial charge in [-0.25, -0.2) is 8.78 Å². The number of nitrogens with one attached hydrogen (secondary N) is 1. The molecule has 0 aliphatic carbocycles. The van der Waals surface area contributed by atoms with E-state index >= 15 is 0 Å². The van der Waals surface area contributed by atoms with E-state index in [0.29, 0.717) is 5.69 Å². The second-order valence-electron chi connectivity index (χ2n) is 3.55. The van der Waals surface area contributed by atoms with Crippen molar-refractivity contribution in [2.45, 2.75) is 0 Å². The quantitative estimate of drug-likeness (QED) is 0.801. The van der Waals surface area contributed by atoms with Gasteiger partial charge >= 0.3 is 0 Å². The molecular weight excluding hydrogens is 240 g/mol. The number of amides is 1. The van der Waals surface area contributed by atoms with Crippen LogP contribution >= 0.6 is 0 Å². The number of carbonyl (C=O) groups is 1. The minimum absolute atomic E-state index is 0.150. The predicted octanol–water partition coefficient (Wildman–Crippen LogP) is 2.19. The van der Waals surface area contributed by atoms with Crippen LogP contribution in [0.3, 0.4) is 0 Å². The number of carbonyl (C=O) groups excluding carboxylic acids is 1. The Kier molecular flexibility index (Phi) is 3.18. The largest absolute Gasteiger partial charge is 0.394 e. The van der Waals surface area contributed by atoms with E-state index in [2.05, 4.69) is 10.3 Å². The van der Waals surface area contributed by atoms with Gasteiger partial charge in [-0.15, -0.1) is 0 Å². The third kappa shape index (κ3) is 2.42. The molecule has 0 unspecified atom stereocenters. The van der Waals surface area contributed by atoms with Gasteiger partial charge in [0.1, 0.15) is 17.3 Å². The molecule has 1 aromatic carbocycles. The van der Waals surface area contributed by atoms with Crippen LogP contribution in [0.25, 0.3) is 0 Å². The Morgan fingerprint density at radius 3 is 2.50 bits per heavy atom. The van der Waals surface area contributed by atoms with Gasteiger partial charge < -0.3 is 11.1 Å². The third-order valence-electron chi connectivity index (χ3n) is 2.26. The van der Waals surface area contributed by atoms with Crippen molar-refractivity contribution < 1.29 is 13.6 Å². The second-order valence-corrected chi connectivity index (χ2v) is 3.55. The van der Waals surface area contributed by atoms with E-state index in [1.54, 1.807) is 12.1 Å². The van der Waals surface area contributed by atoms with E-state index < -0.39 is 23.2 Å². The molecule has 1 heterocycles. The highest BCUT2D eigenvalue weighted by Crippen LogP contribution is 2.18. The number of rotatable bonds is 2. The molecule has 1 amide bonds. The summed E-state index contributed by atoms with van der Waals surface area (Å²) >= 11 is 0. The summed E-state index contributed by atoms with van der Waals surface area (Å²) in [5.41, 5.74) is 4.79. The number of nitrogens with zero attached hydrogens (tertiary/aromatic N) is 1. The van der Waals surface area contributed by atoms with Crippen LogP contribution in [0.5, 0.6) is 0 Å². The number of anilines is 2. The van der Waals surface area contributed by atoms with E-state index in [-0.39, 0.29) is 5.56 Å². The first-order valence-corrected chi connectivity index (χ1v) is 5.04. The topological polar surface area (TPSA) is 68.0 Å². The minimum Gasteiger partial charge on any atom is -0.394 e. The first kappa shape index (κ1) is 12.0. The molecule has 0 atom stereocenters. The summed E-state index contributed by atoms with van der Waals surface area (Å²) in [5, 5.41) is 2.46. The summed E-state index contributed by atoms with van der Waals surface area (Å²) in [4.78, 5) is 15.5. The number of nitrogen functional groups attached to an aromatic ring is 1. The molecule has 0 bridgehead atoms. The third-order valence-corrected chi connectivity index (χ3v) is 2.26. The molecule has 0 saturated carbocycles. The molecule has 0 radical (unpaired) electrons. The predicted molar refractivity (Wildman–Crippen MR) is 63.0 cm³/mol. The lowest BCUT2D eigenvalue weighted by molar-refractivity contribution is 0.102. The zero-order chi connectivity index (χ0) is 13.1. The molecule has 0 aliphatic rings. The van der Waals surface area contributed by atoms with Crippen LogP contribution in [0.15, 0.2) is 36.7 Å². The summed E-state index contributed by atoms with van der Waals surface area (Å²) in [6.07, 6.45) is 2.96. The molecule has 92 valence electrons. The first-order valence-electron chi connectivity index (χ1n) is 5.04. The SMILES string of the molecule is Nc1c(F)cc(C(=O)Nc2cccnc2)cc1F. The van der Waals surface area contributed by atoms with Crippen LogP contribution in [-0.4, -0.2) is 10.9 Å². The van der Waals surface area contributed by atoms with Gasteiger partial charge in [0.15, 0.2) is 0 Å². The molecule has 1 aromatic heterocycles. The highest BCUT2D eigenvalue weighted by Gasteiger charge is 2.13. The summed E-state index contributed by atoms with van der Waals surface area (Å²) in [7, 11) is 0. The van der Waals surface area contributed by atoms with Gasteiger partial charge in [0.05, 0.1) is 11.9 Å². The number of hydrogen-bond donors (Lipinski definition) is 2. The lowest BCUT2D eigenvalue weighted by Gasteiger charge is -2.06. The van der Waals surface area contributed by atoms with E-state index in [9.17, 15) is 13.6 Å². The van der Waals surface area contributed by atoms with Gasteiger partial charge in [0.25, 0.3) is 5.91 Å². The van der Waals surface area contributed by atoms with Crippen molar-refractivity contribution in [1.82, 2.24) is 4.98 Å². The molecule has 3 N–H and O–H groups in total. The van der Waals surface area contributed by atoms with Crippen LogP contribution in [0.4, 0.5) is 20.2 Å². The summed E-state index contributed by atoms with van der Waals surface area (Å²) in [6, 6.07) is 4.99. The molecule has 0 aliphatic heterocycles. The van der Waals surface area contributed by atoms with Crippen LogP contribution in [-0.2, 0) is 0 Å². The van der Waals surface area contributed by atoms with Crippen molar-refractivity contribution in [3.63, 3.8) is 0 Å². The molecule has 0 fully saturated rings. The molecule has 2 aromatic rings. The van der Waals surface area contributed by atoms with Crippen molar-refractivity contribution in [3.05, 3.63) is 53.9 Å².